The monoisotopic (exact) mass is 268 g/mol. The molecule has 0 saturated carbocycles. The number of hydrogen-bond acceptors (Lipinski definition) is 3. The highest BCUT2D eigenvalue weighted by Crippen LogP contribution is 2.19. The third-order valence-corrected chi connectivity index (χ3v) is 3.31. The fraction of sp³-hybridized carbons (Fsp3) is 0.188. The van der Waals surface area contributed by atoms with E-state index in [-0.39, 0.29) is 0 Å². The minimum Gasteiger partial charge on any atom is -0.497 e. The van der Waals surface area contributed by atoms with Crippen LogP contribution in [0.15, 0.2) is 48.8 Å². The smallest absolute Gasteiger partial charge is 0.122 e. The predicted octanol–water partition coefficient (Wildman–Crippen LogP) is 2.94. The summed E-state index contributed by atoms with van der Waals surface area (Å²) < 4.78 is 12.5. The number of methoxy groups -OCH3 is 2. The van der Waals surface area contributed by atoms with Crippen LogP contribution in [0.5, 0.6) is 11.5 Å². The van der Waals surface area contributed by atoms with Crippen LogP contribution in [-0.2, 0) is 6.42 Å². The van der Waals surface area contributed by atoms with E-state index < -0.39 is 0 Å². The number of aromatic nitrogens is 2. The van der Waals surface area contributed by atoms with E-state index in [2.05, 4.69) is 15.5 Å². The van der Waals surface area contributed by atoms with Crippen molar-refractivity contribution in [2.75, 3.05) is 14.2 Å². The summed E-state index contributed by atoms with van der Waals surface area (Å²) in [4.78, 5) is 4.49. The zero-order chi connectivity index (χ0) is 13.9. The van der Waals surface area contributed by atoms with Gasteiger partial charge in [0.25, 0.3) is 0 Å². The van der Waals surface area contributed by atoms with Crippen molar-refractivity contribution in [2.45, 2.75) is 6.42 Å². The Morgan fingerprint density at radius 3 is 2.65 bits per heavy atom. The van der Waals surface area contributed by atoms with Crippen molar-refractivity contribution in [1.29, 1.82) is 0 Å². The number of imidazole rings is 1. The number of hydrogen-bond donors (Lipinski definition) is 0. The first-order valence-corrected chi connectivity index (χ1v) is 6.43. The first-order chi connectivity index (χ1) is 9.80. The van der Waals surface area contributed by atoms with E-state index in [9.17, 15) is 0 Å². The van der Waals surface area contributed by atoms with Gasteiger partial charge in [0.05, 0.1) is 25.9 Å². The summed E-state index contributed by atoms with van der Waals surface area (Å²) in [5, 5.41) is 0. The molecule has 4 heteroatoms. The van der Waals surface area contributed by atoms with Gasteiger partial charge in [-0.1, -0.05) is 12.1 Å². The van der Waals surface area contributed by atoms with E-state index in [1.807, 2.05) is 42.7 Å². The molecule has 2 heterocycles. The van der Waals surface area contributed by atoms with E-state index in [4.69, 9.17) is 9.47 Å². The quantitative estimate of drug-likeness (QED) is 0.730. The van der Waals surface area contributed by atoms with Gasteiger partial charge in [-0.05, 0) is 23.8 Å². The average molecular weight is 268 g/mol. The summed E-state index contributed by atoms with van der Waals surface area (Å²) in [5.74, 6) is 2.70. The lowest BCUT2D eigenvalue weighted by Gasteiger charge is -2.05. The van der Waals surface area contributed by atoms with Crippen molar-refractivity contribution in [3.8, 4) is 11.5 Å². The highest BCUT2D eigenvalue weighted by molar-refractivity contribution is 5.51. The fourth-order valence-corrected chi connectivity index (χ4v) is 2.26. The van der Waals surface area contributed by atoms with Gasteiger partial charge in [-0.25, -0.2) is 4.98 Å². The summed E-state index contributed by atoms with van der Waals surface area (Å²) in [7, 11) is 3.34. The molecule has 0 aliphatic carbocycles. The van der Waals surface area contributed by atoms with E-state index in [0.717, 1.165) is 29.3 Å². The zero-order valence-electron chi connectivity index (χ0n) is 11.5. The van der Waals surface area contributed by atoms with Crippen LogP contribution in [0.2, 0.25) is 0 Å². The minimum absolute atomic E-state index is 0.762. The second-order valence-electron chi connectivity index (χ2n) is 4.56. The number of pyridine rings is 1. The standard InChI is InChI=1S/C16H16N2O2/c1-19-14-5-3-4-12(8-14)9-16-17-11-13-10-15(20-2)6-7-18(13)16/h3-8,10-11H,9H2,1-2H3. The molecule has 0 atom stereocenters. The predicted molar refractivity (Wildman–Crippen MR) is 77.5 cm³/mol. The molecule has 0 aliphatic heterocycles. The Balaban J connectivity index is 1.94. The highest BCUT2D eigenvalue weighted by atomic mass is 16.5. The molecule has 2 aromatic heterocycles. The molecule has 20 heavy (non-hydrogen) atoms. The molecule has 4 nitrogen and oxygen atoms in total. The molecule has 0 unspecified atom stereocenters. The topological polar surface area (TPSA) is 35.8 Å². The van der Waals surface area contributed by atoms with Crippen LogP contribution in [0.25, 0.3) is 5.52 Å². The third-order valence-electron chi connectivity index (χ3n) is 3.31. The van der Waals surface area contributed by atoms with Crippen LogP contribution in [0, 0.1) is 0 Å². The van der Waals surface area contributed by atoms with Gasteiger partial charge >= 0.3 is 0 Å². The number of benzene rings is 1. The van der Waals surface area contributed by atoms with Crippen molar-refractivity contribution in [3.63, 3.8) is 0 Å². The Hall–Kier alpha value is -2.49. The Kier molecular flexibility index (Phi) is 3.29. The van der Waals surface area contributed by atoms with Crippen molar-refractivity contribution >= 4 is 5.52 Å². The molecule has 0 aliphatic rings. The molecular formula is C16H16N2O2. The summed E-state index contributed by atoms with van der Waals surface area (Å²) in [6.07, 6.45) is 4.60. The van der Waals surface area contributed by atoms with Crippen LogP contribution >= 0.6 is 0 Å². The van der Waals surface area contributed by atoms with Gasteiger partial charge in [-0.3, -0.25) is 0 Å². The lowest BCUT2D eigenvalue weighted by Crippen LogP contribution is -1.97. The lowest BCUT2D eigenvalue weighted by molar-refractivity contribution is 0.414. The first kappa shape index (κ1) is 12.5. The molecule has 3 aromatic rings. The number of ether oxygens (including phenoxy) is 2. The molecule has 3 rings (SSSR count). The van der Waals surface area contributed by atoms with E-state index >= 15 is 0 Å². The fourth-order valence-electron chi connectivity index (χ4n) is 2.26. The summed E-state index contributed by atoms with van der Waals surface area (Å²) >= 11 is 0. The second kappa shape index (κ2) is 5.25. The molecule has 0 spiro atoms. The summed E-state index contributed by atoms with van der Waals surface area (Å²) in [6, 6.07) is 12.0. The minimum atomic E-state index is 0.762. The van der Waals surface area contributed by atoms with Crippen molar-refractivity contribution in [1.82, 2.24) is 9.38 Å². The van der Waals surface area contributed by atoms with Gasteiger partial charge in [0.1, 0.15) is 17.3 Å². The summed E-state index contributed by atoms with van der Waals surface area (Å²) in [5.41, 5.74) is 2.20. The van der Waals surface area contributed by atoms with E-state index in [1.54, 1.807) is 14.2 Å². The molecule has 0 radical (unpaired) electrons. The van der Waals surface area contributed by atoms with Gasteiger partial charge in [0, 0.05) is 18.7 Å². The van der Waals surface area contributed by atoms with Crippen LogP contribution < -0.4 is 9.47 Å². The van der Waals surface area contributed by atoms with Crippen LogP contribution in [0.1, 0.15) is 11.4 Å². The highest BCUT2D eigenvalue weighted by Gasteiger charge is 2.06. The van der Waals surface area contributed by atoms with E-state index in [0.29, 0.717) is 0 Å². The van der Waals surface area contributed by atoms with Gasteiger partial charge in [-0.15, -0.1) is 0 Å². The molecular weight excluding hydrogens is 252 g/mol. The Bertz CT molecular complexity index is 734. The summed E-state index contributed by atoms with van der Waals surface area (Å²) in [6.45, 7) is 0. The van der Waals surface area contributed by atoms with Crippen molar-refractivity contribution in [3.05, 3.63) is 60.2 Å². The third kappa shape index (κ3) is 2.32. The molecule has 1 aromatic carbocycles. The van der Waals surface area contributed by atoms with Gasteiger partial charge < -0.3 is 13.9 Å². The lowest BCUT2D eigenvalue weighted by atomic mass is 10.1. The molecule has 0 N–H and O–H groups in total. The number of nitrogens with zero attached hydrogens (tertiary/aromatic N) is 2. The maximum atomic E-state index is 5.25. The van der Waals surface area contributed by atoms with Crippen molar-refractivity contribution in [2.24, 2.45) is 0 Å². The maximum absolute atomic E-state index is 5.25. The normalized spacial score (nSPS) is 10.7. The molecule has 0 amide bonds. The molecule has 102 valence electrons. The number of fused-ring (bicyclic) bond motifs is 1. The molecule has 0 bridgehead atoms. The maximum Gasteiger partial charge on any atom is 0.122 e. The average Bonchev–Trinajstić information content (AvgIpc) is 2.89. The van der Waals surface area contributed by atoms with Crippen LogP contribution in [-0.4, -0.2) is 23.6 Å². The van der Waals surface area contributed by atoms with Crippen LogP contribution in [0.4, 0.5) is 0 Å². The molecule has 0 fully saturated rings. The zero-order valence-corrected chi connectivity index (χ0v) is 11.5. The Labute approximate surface area is 117 Å². The van der Waals surface area contributed by atoms with Gasteiger partial charge in [0.15, 0.2) is 0 Å². The SMILES string of the molecule is COc1cccc(Cc2ncc3cc(OC)ccn23)c1. The Morgan fingerprint density at radius 1 is 1.05 bits per heavy atom. The van der Waals surface area contributed by atoms with Gasteiger partial charge in [-0.2, -0.15) is 0 Å². The molecule has 0 saturated heterocycles. The van der Waals surface area contributed by atoms with Crippen molar-refractivity contribution < 1.29 is 9.47 Å². The second-order valence-corrected chi connectivity index (χ2v) is 4.56. The Morgan fingerprint density at radius 2 is 1.85 bits per heavy atom. The largest absolute Gasteiger partial charge is 0.497 e. The number of rotatable bonds is 4. The van der Waals surface area contributed by atoms with Crippen LogP contribution in [0.3, 0.4) is 0 Å². The van der Waals surface area contributed by atoms with Gasteiger partial charge in [0.2, 0.25) is 0 Å². The first-order valence-electron chi connectivity index (χ1n) is 6.43. The van der Waals surface area contributed by atoms with E-state index in [1.165, 1.54) is 5.56 Å².